The van der Waals surface area contributed by atoms with Crippen molar-refractivity contribution in [3.63, 3.8) is 0 Å². The fraction of sp³-hybridized carbons (Fsp3) is 0.179. The zero-order valence-electron chi connectivity index (χ0n) is 19.9. The van der Waals surface area contributed by atoms with Crippen LogP contribution in [0.25, 0.3) is 17.0 Å². The van der Waals surface area contributed by atoms with Crippen LogP contribution in [-0.4, -0.2) is 27.3 Å². The first kappa shape index (κ1) is 22.9. The van der Waals surface area contributed by atoms with Gasteiger partial charge in [0.05, 0.1) is 18.2 Å². The van der Waals surface area contributed by atoms with E-state index in [-0.39, 0.29) is 6.03 Å². The molecule has 0 fully saturated rings. The lowest BCUT2D eigenvalue weighted by molar-refractivity contribution is 0.203. The number of amides is 2. The highest BCUT2D eigenvalue weighted by Crippen LogP contribution is 2.38. The van der Waals surface area contributed by atoms with Gasteiger partial charge in [-0.3, -0.25) is 4.90 Å². The summed E-state index contributed by atoms with van der Waals surface area (Å²) in [7, 11) is 0. The molecule has 1 aromatic heterocycles. The summed E-state index contributed by atoms with van der Waals surface area (Å²) in [6.45, 7) is 4.44. The minimum Gasteiger partial charge on any atom is -0.334 e. The summed E-state index contributed by atoms with van der Waals surface area (Å²) in [5, 5.41) is 7.41. The molecule has 1 unspecified atom stereocenters. The van der Waals surface area contributed by atoms with Crippen molar-refractivity contribution < 1.29 is 9.32 Å². The minimum absolute atomic E-state index is 0.158. The van der Waals surface area contributed by atoms with Crippen molar-refractivity contribution in [2.75, 3.05) is 6.26 Å². The van der Waals surface area contributed by atoms with Crippen molar-refractivity contribution in [1.29, 1.82) is 0 Å². The molecule has 7 heteroatoms. The molecular weight excluding hydrogens is 456 g/mol. The van der Waals surface area contributed by atoms with Crippen LogP contribution in [0.3, 0.4) is 0 Å². The van der Waals surface area contributed by atoms with Crippen molar-refractivity contribution in [3.05, 3.63) is 107 Å². The van der Waals surface area contributed by atoms with Gasteiger partial charge >= 0.3 is 6.03 Å². The highest BCUT2D eigenvalue weighted by Gasteiger charge is 2.35. The van der Waals surface area contributed by atoms with Gasteiger partial charge in [-0.05, 0) is 43.4 Å². The van der Waals surface area contributed by atoms with Crippen LogP contribution < -0.4 is 5.32 Å². The number of hydrogen-bond acceptors (Lipinski definition) is 5. The van der Waals surface area contributed by atoms with Crippen LogP contribution >= 0.6 is 11.8 Å². The number of rotatable bonds is 6. The number of hydrogen-bond donors (Lipinski definition) is 1. The number of nitrogens with one attached hydrogen (secondary N) is 1. The van der Waals surface area contributed by atoms with E-state index in [1.54, 1.807) is 16.7 Å². The second-order valence-electron chi connectivity index (χ2n) is 8.52. The van der Waals surface area contributed by atoms with E-state index in [4.69, 9.17) is 9.51 Å². The summed E-state index contributed by atoms with van der Waals surface area (Å²) in [5.41, 5.74) is 5.62. The van der Waals surface area contributed by atoms with Gasteiger partial charge in [0.1, 0.15) is 0 Å². The third-order valence-electron chi connectivity index (χ3n) is 6.16. The Morgan fingerprint density at radius 3 is 2.49 bits per heavy atom. The van der Waals surface area contributed by atoms with Crippen LogP contribution in [0, 0.1) is 6.92 Å². The molecule has 0 saturated heterocycles. The maximum Gasteiger partial charge on any atom is 0.322 e. The lowest BCUT2D eigenvalue weighted by atomic mass is 9.94. The predicted octanol–water partition coefficient (Wildman–Crippen LogP) is 6.46. The number of carbonyl (C=O) groups is 1. The van der Waals surface area contributed by atoms with Gasteiger partial charge in [0.15, 0.2) is 0 Å². The summed E-state index contributed by atoms with van der Waals surface area (Å²) in [4.78, 5) is 20.9. The molecule has 0 aliphatic carbocycles. The number of benzene rings is 3. The fourth-order valence-corrected chi connectivity index (χ4v) is 4.73. The van der Waals surface area contributed by atoms with Crippen molar-refractivity contribution in [2.24, 2.45) is 0 Å². The Hall–Kier alpha value is -3.84. The van der Waals surface area contributed by atoms with Gasteiger partial charge in [0, 0.05) is 16.2 Å². The average Bonchev–Trinajstić information content (AvgIpc) is 3.37. The number of allylic oxidation sites excluding steroid dienone is 1. The van der Waals surface area contributed by atoms with E-state index in [0.717, 1.165) is 38.4 Å². The molecule has 3 aromatic carbocycles. The second kappa shape index (κ2) is 9.80. The summed E-state index contributed by atoms with van der Waals surface area (Å²) in [6.07, 6.45) is 2.04. The summed E-state index contributed by atoms with van der Waals surface area (Å²) >= 11 is 1.68. The Labute approximate surface area is 209 Å². The van der Waals surface area contributed by atoms with E-state index < -0.39 is 6.04 Å². The zero-order valence-corrected chi connectivity index (χ0v) is 20.7. The van der Waals surface area contributed by atoms with Crippen molar-refractivity contribution in [1.82, 2.24) is 20.4 Å². The van der Waals surface area contributed by atoms with Gasteiger partial charge in [-0.1, -0.05) is 77.5 Å². The van der Waals surface area contributed by atoms with E-state index in [9.17, 15) is 4.79 Å². The Bertz CT molecular complexity index is 1380. The van der Waals surface area contributed by atoms with E-state index in [1.807, 2.05) is 80.8 Å². The smallest absolute Gasteiger partial charge is 0.322 e. The zero-order chi connectivity index (χ0) is 24.4. The molecule has 4 aromatic rings. The van der Waals surface area contributed by atoms with E-state index in [1.165, 1.54) is 0 Å². The highest BCUT2D eigenvalue weighted by atomic mass is 32.2. The maximum atomic E-state index is 13.3. The van der Waals surface area contributed by atoms with Crippen molar-refractivity contribution in [2.45, 2.75) is 31.3 Å². The molecule has 2 amide bonds. The van der Waals surface area contributed by atoms with Crippen molar-refractivity contribution >= 4 is 23.4 Å². The molecule has 2 heterocycles. The second-order valence-corrected chi connectivity index (χ2v) is 9.40. The molecule has 0 spiro atoms. The van der Waals surface area contributed by atoms with Gasteiger partial charge < -0.3 is 9.84 Å². The van der Waals surface area contributed by atoms with Gasteiger partial charge in [0.25, 0.3) is 5.89 Å². The quantitative estimate of drug-likeness (QED) is 0.319. The minimum atomic E-state index is -0.406. The molecule has 1 aliphatic heterocycles. The number of aryl methyl sites for hydroxylation is 1. The van der Waals surface area contributed by atoms with Crippen LogP contribution in [-0.2, 0) is 6.54 Å². The van der Waals surface area contributed by atoms with E-state index in [2.05, 4.69) is 28.7 Å². The molecule has 0 saturated carbocycles. The van der Waals surface area contributed by atoms with Gasteiger partial charge in [0.2, 0.25) is 5.82 Å². The average molecular weight is 483 g/mol. The molecule has 5 rings (SSSR count). The van der Waals surface area contributed by atoms with E-state index >= 15 is 0 Å². The van der Waals surface area contributed by atoms with Gasteiger partial charge in [-0.2, -0.15) is 4.98 Å². The van der Waals surface area contributed by atoms with Gasteiger partial charge in [-0.15, -0.1) is 11.8 Å². The van der Waals surface area contributed by atoms with Crippen LogP contribution in [0.5, 0.6) is 0 Å². The highest BCUT2D eigenvalue weighted by molar-refractivity contribution is 7.98. The SMILES string of the molecule is CSc1ccc(C2NC(=O)N(Cc3cccc(C)c3)C(C)=C2c2nc(-c3ccccc3)no2)cc1. The van der Waals surface area contributed by atoms with Crippen molar-refractivity contribution in [3.8, 4) is 11.4 Å². The molecular formula is C28H26N4O2S. The standard InChI is InChI=1S/C28H26N4O2S/c1-18-8-7-9-20(16-18)17-32-19(2)24(27-30-26(31-34-27)22-10-5-4-6-11-22)25(29-28(32)33)21-12-14-23(35-3)15-13-21/h4-16,25H,17H2,1-3H3,(H,29,33). The first-order chi connectivity index (χ1) is 17.0. The molecule has 1 atom stereocenters. The Balaban J connectivity index is 1.59. The molecule has 0 radical (unpaired) electrons. The lowest BCUT2D eigenvalue weighted by Gasteiger charge is -2.35. The fourth-order valence-electron chi connectivity index (χ4n) is 4.33. The van der Waals surface area contributed by atoms with Crippen LogP contribution in [0.1, 0.15) is 35.5 Å². The molecule has 1 aliphatic rings. The number of nitrogens with zero attached hydrogens (tertiary/aromatic N) is 3. The summed E-state index contributed by atoms with van der Waals surface area (Å²) < 4.78 is 5.78. The molecule has 35 heavy (non-hydrogen) atoms. The number of urea groups is 1. The van der Waals surface area contributed by atoms with Crippen LogP contribution in [0.15, 0.2) is 94.0 Å². The number of aromatic nitrogens is 2. The monoisotopic (exact) mass is 482 g/mol. The number of carbonyl (C=O) groups excluding carboxylic acids is 1. The normalized spacial score (nSPS) is 15.9. The number of thioether (sulfide) groups is 1. The Morgan fingerprint density at radius 2 is 1.77 bits per heavy atom. The topological polar surface area (TPSA) is 71.3 Å². The first-order valence-corrected chi connectivity index (χ1v) is 12.6. The molecule has 176 valence electrons. The molecule has 0 bridgehead atoms. The molecule has 6 nitrogen and oxygen atoms in total. The Morgan fingerprint density at radius 1 is 1.00 bits per heavy atom. The third-order valence-corrected chi connectivity index (χ3v) is 6.90. The largest absolute Gasteiger partial charge is 0.334 e. The van der Waals surface area contributed by atoms with Crippen LogP contribution in [0.2, 0.25) is 0 Å². The van der Waals surface area contributed by atoms with Crippen LogP contribution in [0.4, 0.5) is 4.79 Å². The first-order valence-electron chi connectivity index (χ1n) is 11.4. The maximum absolute atomic E-state index is 13.3. The third kappa shape index (κ3) is 4.72. The predicted molar refractivity (Wildman–Crippen MR) is 139 cm³/mol. The van der Waals surface area contributed by atoms with Gasteiger partial charge in [-0.25, -0.2) is 4.79 Å². The Kier molecular flexibility index (Phi) is 6.42. The lowest BCUT2D eigenvalue weighted by Crippen LogP contribution is -2.45. The van der Waals surface area contributed by atoms with E-state index in [0.29, 0.717) is 18.3 Å². The summed E-state index contributed by atoms with van der Waals surface area (Å²) in [5.74, 6) is 0.911. The molecule has 1 N–H and O–H groups in total. The summed E-state index contributed by atoms with van der Waals surface area (Å²) in [6, 6.07) is 25.5.